The highest BCUT2D eigenvalue weighted by Gasteiger charge is 2.09. The summed E-state index contributed by atoms with van der Waals surface area (Å²) in [6, 6.07) is 14.1. The molecule has 0 aromatic heterocycles. The molecule has 0 saturated heterocycles. The molecule has 0 bridgehead atoms. The van der Waals surface area contributed by atoms with Crippen LogP contribution in [0.5, 0.6) is 0 Å². The predicted octanol–water partition coefficient (Wildman–Crippen LogP) is 2.62. The molecular weight excluding hydrogens is 292 g/mol. The Kier molecular flexibility index (Phi) is 5.88. The van der Waals surface area contributed by atoms with Crippen molar-refractivity contribution in [3.63, 3.8) is 0 Å². The number of ether oxygens (including phenoxy) is 1. The van der Waals surface area contributed by atoms with E-state index >= 15 is 0 Å². The van der Waals surface area contributed by atoms with Crippen LogP contribution in [0.25, 0.3) is 0 Å². The largest absolute Gasteiger partial charge is 0.383 e. The molecule has 2 N–H and O–H groups in total. The van der Waals surface area contributed by atoms with E-state index in [1.54, 1.807) is 31.4 Å². The minimum absolute atomic E-state index is 0.187. The van der Waals surface area contributed by atoms with Crippen molar-refractivity contribution in [2.24, 2.45) is 0 Å². The van der Waals surface area contributed by atoms with E-state index in [-0.39, 0.29) is 11.8 Å². The van der Waals surface area contributed by atoms with E-state index in [9.17, 15) is 9.59 Å². The molecule has 2 rings (SSSR count). The van der Waals surface area contributed by atoms with E-state index in [4.69, 9.17) is 4.74 Å². The Hall–Kier alpha value is -2.66. The molecule has 0 spiro atoms. The number of methoxy groups -OCH3 is 1. The van der Waals surface area contributed by atoms with Crippen molar-refractivity contribution in [3.8, 4) is 0 Å². The van der Waals surface area contributed by atoms with Crippen molar-refractivity contribution in [3.05, 3.63) is 65.2 Å². The van der Waals surface area contributed by atoms with Crippen LogP contribution in [0.2, 0.25) is 0 Å². The second-order valence-electron chi connectivity index (χ2n) is 5.15. The average Bonchev–Trinajstić information content (AvgIpc) is 2.55. The Morgan fingerprint density at radius 2 is 1.65 bits per heavy atom. The Morgan fingerprint density at radius 1 is 1.00 bits per heavy atom. The van der Waals surface area contributed by atoms with Crippen LogP contribution in [0, 0.1) is 6.92 Å². The first-order chi connectivity index (χ1) is 11.1. The van der Waals surface area contributed by atoms with Crippen molar-refractivity contribution in [2.45, 2.75) is 6.92 Å². The van der Waals surface area contributed by atoms with Crippen LogP contribution in [0.1, 0.15) is 26.3 Å². The van der Waals surface area contributed by atoms with Gasteiger partial charge in [0.2, 0.25) is 0 Å². The molecule has 0 unspecified atom stereocenters. The molecule has 0 aliphatic rings. The number of carbonyl (C=O) groups is 2. The van der Waals surface area contributed by atoms with Crippen LogP contribution in [-0.4, -0.2) is 32.1 Å². The lowest BCUT2D eigenvalue weighted by Gasteiger charge is -2.07. The zero-order valence-corrected chi connectivity index (χ0v) is 13.3. The summed E-state index contributed by atoms with van der Waals surface area (Å²) >= 11 is 0. The van der Waals surface area contributed by atoms with Crippen LogP contribution >= 0.6 is 0 Å². The highest BCUT2D eigenvalue weighted by atomic mass is 16.5. The normalized spacial score (nSPS) is 10.2. The van der Waals surface area contributed by atoms with E-state index in [1.807, 2.05) is 31.2 Å². The minimum atomic E-state index is -0.207. The van der Waals surface area contributed by atoms with E-state index in [2.05, 4.69) is 10.6 Å². The van der Waals surface area contributed by atoms with Gasteiger partial charge < -0.3 is 15.4 Å². The fourth-order valence-electron chi connectivity index (χ4n) is 2.07. The van der Waals surface area contributed by atoms with Gasteiger partial charge >= 0.3 is 0 Å². The maximum atomic E-state index is 12.2. The Labute approximate surface area is 135 Å². The fourth-order valence-corrected chi connectivity index (χ4v) is 2.07. The Balaban J connectivity index is 1.98. The van der Waals surface area contributed by atoms with Crippen molar-refractivity contribution >= 4 is 17.5 Å². The third kappa shape index (κ3) is 4.93. The lowest BCUT2D eigenvalue weighted by atomic mass is 10.1. The first kappa shape index (κ1) is 16.7. The lowest BCUT2D eigenvalue weighted by Crippen LogP contribution is -2.26. The molecule has 0 heterocycles. The number of amides is 2. The van der Waals surface area contributed by atoms with Gasteiger partial charge in [0.1, 0.15) is 0 Å². The second kappa shape index (κ2) is 8.10. The summed E-state index contributed by atoms with van der Waals surface area (Å²) < 4.78 is 4.88. The maximum absolute atomic E-state index is 12.2. The summed E-state index contributed by atoms with van der Waals surface area (Å²) in [4.78, 5) is 24.1. The third-order valence-corrected chi connectivity index (χ3v) is 3.28. The number of hydrogen-bond donors (Lipinski definition) is 2. The van der Waals surface area contributed by atoms with Crippen LogP contribution in [0.3, 0.4) is 0 Å². The fraction of sp³-hybridized carbons (Fsp3) is 0.222. The molecule has 5 nitrogen and oxygen atoms in total. The Morgan fingerprint density at radius 3 is 2.26 bits per heavy atom. The van der Waals surface area contributed by atoms with E-state index in [1.165, 1.54) is 0 Å². The van der Waals surface area contributed by atoms with Gasteiger partial charge in [0.25, 0.3) is 11.8 Å². The smallest absolute Gasteiger partial charge is 0.255 e. The van der Waals surface area contributed by atoms with Crippen molar-refractivity contribution < 1.29 is 14.3 Å². The van der Waals surface area contributed by atoms with Crippen LogP contribution < -0.4 is 10.6 Å². The molecule has 2 amide bonds. The number of nitrogens with one attached hydrogen (secondary N) is 2. The molecule has 0 saturated carbocycles. The quantitative estimate of drug-likeness (QED) is 0.806. The van der Waals surface area contributed by atoms with Gasteiger partial charge in [-0.15, -0.1) is 0 Å². The van der Waals surface area contributed by atoms with E-state index in [0.717, 1.165) is 11.3 Å². The molecular formula is C18H20N2O3. The lowest BCUT2D eigenvalue weighted by molar-refractivity contribution is 0.0935. The molecule has 0 atom stereocenters. The number of aryl methyl sites for hydroxylation is 1. The summed E-state index contributed by atoms with van der Waals surface area (Å²) in [6.45, 7) is 2.88. The minimum Gasteiger partial charge on any atom is -0.383 e. The first-order valence-electron chi connectivity index (χ1n) is 7.35. The molecule has 2 aromatic rings. The first-order valence-corrected chi connectivity index (χ1v) is 7.35. The Bertz CT molecular complexity index is 681. The number of carbonyl (C=O) groups excluding carboxylic acids is 2. The monoisotopic (exact) mass is 312 g/mol. The number of anilines is 1. The number of benzene rings is 2. The molecule has 0 radical (unpaired) electrons. The van der Waals surface area contributed by atoms with Gasteiger partial charge in [0.05, 0.1) is 6.61 Å². The van der Waals surface area contributed by atoms with E-state index < -0.39 is 0 Å². The van der Waals surface area contributed by atoms with Crippen molar-refractivity contribution in [1.82, 2.24) is 5.32 Å². The zero-order valence-electron chi connectivity index (χ0n) is 13.3. The van der Waals surface area contributed by atoms with Gasteiger partial charge in [-0.1, -0.05) is 12.1 Å². The predicted molar refractivity (Wildman–Crippen MR) is 89.8 cm³/mol. The molecule has 2 aromatic carbocycles. The van der Waals surface area contributed by atoms with Gasteiger partial charge in [0.15, 0.2) is 0 Å². The molecule has 23 heavy (non-hydrogen) atoms. The van der Waals surface area contributed by atoms with Crippen LogP contribution in [-0.2, 0) is 4.74 Å². The summed E-state index contributed by atoms with van der Waals surface area (Å²) in [7, 11) is 1.58. The van der Waals surface area contributed by atoms with Gasteiger partial charge in [-0.3, -0.25) is 9.59 Å². The van der Waals surface area contributed by atoms with Crippen molar-refractivity contribution in [1.29, 1.82) is 0 Å². The average molecular weight is 312 g/mol. The standard InChI is InChI=1S/C18H20N2O3/c1-13-4-3-5-16(12-13)20-18(22)15-8-6-14(7-9-15)17(21)19-10-11-23-2/h3-9,12H,10-11H2,1-2H3,(H,19,21)(H,20,22). The molecule has 0 fully saturated rings. The molecule has 120 valence electrons. The summed E-state index contributed by atoms with van der Waals surface area (Å²) in [6.07, 6.45) is 0. The summed E-state index contributed by atoms with van der Waals surface area (Å²) in [5.41, 5.74) is 2.83. The number of hydrogen-bond acceptors (Lipinski definition) is 3. The SMILES string of the molecule is COCCNC(=O)c1ccc(C(=O)Nc2cccc(C)c2)cc1. The summed E-state index contributed by atoms with van der Waals surface area (Å²) in [5, 5.41) is 5.56. The van der Waals surface area contributed by atoms with Gasteiger partial charge in [0, 0.05) is 30.5 Å². The van der Waals surface area contributed by atoms with Gasteiger partial charge in [-0.05, 0) is 48.9 Å². The third-order valence-electron chi connectivity index (χ3n) is 3.28. The molecule has 0 aliphatic heterocycles. The van der Waals surface area contributed by atoms with Crippen molar-refractivity contribution in [2.75, 3.05) is 25.6 Å². The van der Waals surface area contributed by atoms with Gasteiger partial charge in [-0.25, -0.2) is 0 Å². The topological polar surface area (TPSA) is 67.4 Å². The van der Waals surface area contributed by atoms with Crippen LogP contribution in [0.15, 0.2) is 48.5 Å². The molecule has 5 heteroatoms. The molecule has 0 aliphatic carbocycles. The van der Waals surface area contributed by atoms with Crippen LogP contribution in [0.4, 0.5) is 5.69 Å². The highest BCUT2D eigenvalue weighted by molar-refractivity contribution is 6.05. The summed E-state index contributed by atoms with van der Waals surface area (Å²) in [5.74, 6) is -0.394. The maximum Gasteiger partial charge on any atom is 0.255 e. The highest BCUT2D eigenvalue weighted by Crippen LogP contribution is 2.12. The zero-order chi connectivity index (χ0) is 16.7. The second-order valence-corrected chi connectivity index (χ2v) is 5.15. The van der Waals surface area contributed by atoms with E-state index in [0.29, 0.717) is 24.3 Å². The van der Waals surface area contributed by atoms with Gasteiger partial charge in [-0.2, -0.15) is 0 Å². The number of rotatable bonds is 6.